The van der Waals surface area contributed by atoms with Crippen molar-refractivity contribution in [2.45, 2.75) is 6.42 Å². The minimum atomic E-state index is -0.250. The van der Waals surface area contributed by atoms with Gasteiger partial charge in [-0.3, -0.25) is 9.59 Å². The zero-order valence-electron chi connectivity index (χ0n) is 10.3. The molecule has 0 saturated heterocycles. The number of benzene rings is 2. The minimum Gasteiger partial charge on any atom is -0.483 e. The van der Waals surface area contributed by atoms with Gasteiger partial charge in [0.05, 0.1) is 0 Å². The van der Waals surface area contributed by atoms with Gasteiger partial charge in [0.1, 0.15) is 0 Å². The maximum absolute atomic E-state index is 8.36. The quantitative estimate of drug-likeness (QED) is 0.814. The van der Waals surface area contributed by atoms with E-state index in [4.69, 9.17) is 19.8 Å². The van der Waals surface area contributed by atoms with E-state index in [9.17, 15) is 0 Å². The van der Waals surface area contributed by atoms with Crippen molar-refractivity contribution < 1.29 is 19.8 Å². The molecule has 0 atom stereocenters. The van der Waals surface area contributed by atoms with Gasteiger partial charge in [-0.2, -0.15) is 0 Å². The van der Waals surface area contributed by atoms with Crippen molar-refractivity contribution in [3.63, 3.8) is 0 Å². The summed E-state index contributed by atoms with van der Waals surface area (Å²) >= 11 is 0. The highest BCUT2D eigenvalue weighted by molar-refractivity contribution is 5.33. The molecule has 19 heavy (non-hydrogen) atoms. The number of hydrogen-bond donors (Lipinski definition) is 2. The SMILES string of the molecule is O=CO.O=CO.c1ccc(Cc2ccccc2)cc1. The molecule has 0 unspecified atom stereocenters. The van der Waals surface area contributed by atoms with Crippen LogP contribution < -0.4 is 0 Å². The van der Waals surface area contributed by atoms with Crippen molar-refractivity contribution in [1.29, 1.82) is 0 Å². The smallest absolute Gasteiger partial charge is 0.290 e. The fraction of sp³-hybridized carbons (Fsp3) is 0.0667. The summed E-state index contributed by atoms with van der Waals surface area (Å²) in [6.07, 6.45) is 1.03. The summed E-state index contributed by atoms with van der Waals surface area (Å²) in [7, 11) is 0. The molecule has 0 amide bonds. The van der Waals surface area contributed by atoms with Crippen LogP contribution in [0.2, 0.25) is 0 Å². The predicted octanol–water partition coefficient (Wildman–Crippen LogP) is 2.68. The fourth-order valence-corrected chi connectivity index (χ4v) is 1.43. The molecule has 0 saturated carbocycles. The molecule has 100 valence electrons. The van der Waals surface area contributed by atoms with Crippen LogP contribution in [0.25, 0.3) is 0 Å². The molecular formula is C15H16O4. The molecule has 0 spiro atoms. The van der Waals surface area contributed by atoms with E-state index in [1.165, 1.54) is 11.1 Å². The number of carboxylic acid groups (broad SMARTS) is 2. The van der Waals surface area contributed by atoms with E-state index in [0.29, 0.717) is 0 Å². The van der Waals surface area contributed by atoms with E-state index < -0.39 is 0 Å². The molecule has 4 heteroatoms. The van der Waals surface area contributed by atoms with Crippen molar-refractivity contribution in [1.82, 2.24) is 0 Å². The number of carbonyl (C=O) groups is 2. The molecular weight excluding hydrogens is 244 g/mol. The zero-order valence-corrected chi connectivity index (χ0v) is 10.3. The van der Waals surface area contributed by atoms with Crippen LogP contribution in [0.15, 0.2) is 60.7 Å². The molecule has 0 heterocycles. The fourth-order valence-electron chi connectivity index (χ4n) is 1.43. The number of hydrogen-bond acceptors (Lipinski definition) is 2. The Kier molecular flexibility index (Phi) is 10.2. The summed E-state index contributed by atoms with van der Waals surface area (Å²) in [5, 5.41) is 13.8. The van der Waals surface area contributed by atoms with Crippen molar-refractivity contribution >= 4 is 12.9 Å². The Morgan fingerprint density at radius 1 is 0.684 bits per heavy atom. The van der Waals surface area contributed by atoms with Crippen LogP contribution in [0.3, 0.4) is 0 Å². The van der Waals surface area contributed by atoms with Gasteiger partial charge in [0.25, 0.3) is 12.9 Å². The maximum atomic E-state index is 8.36. The van der Waals surface area contributed by atoms with Gasteiger partial charge >= 0.3 is 0 Å². The van der Waals surface area contributed by atoms with Crippen LogP contribution in [0.4, 0.5) is 0 Å². The molecule has 2 N–H and O–H groups in total. The van der Waals surface area contributed by atoms with Crippen LogP contribution >= 0.6 is 0 Å². The third-order valence-electron chi connectivity index (χ3n) is 2.09. The van der Waals surface area contributed by atoms with E-state index in [0.717, 1.165) is 6.42 Å². The average Bonchev–Trinajstić information content (AvgIpc) is 2.43. The van der Waals surface area contributed by atoms with E-state index in [1.54, 1.807) is 0 Å². The number of rotatable bonds is 2. The largest absolute Gasteiger partial charge is 0.483 e. The van der Waals surface area contributed by atoms with Gasteiger partial charge in [-0.05, 0) is 17.5 Å². The van der Waals surface area contributed by atoms with Gasteiger partial charge in [-0.15, -0.1) is 0 Å². The highest BCUT2D eigenvalue weighted by Gasteiger charge is 1.92. The van der Waals surface area contributed by atoms with Gasteiger partial charge in [0, 0.05) is 0 Å². The van der Waals surface area contributed by atoms with E-state index >= 15 is 0 Å². The summed E-state index contributed by atoms with van der Waals surface area (Å²) in [5.74, 6) is 0. The lowest BCUT2D eigenvalue weighted by Gasteiger charge is -2.00. The van der Waals surface area contributed by atoms with E-state index in [2.05, 4.69) is 60.7 Å². The first kappa shape index (κ1) is 16.4. The van der Waals surface area contributed by atoms with E-state index in [1.807, 2.05) is 0 Å². The van der Waals surface area contributed by atoms with Gasteiger partial charge in [0.15, 0.2) is 0 Å². The molecule has 0 fully saturated rings. The first-order valence-corrected chi connectivity index (χ1v) is 5.52. The Balaban J connectivity index is 0.000000465. The first-order valence-electron chi connectivity index (χ1n) is 5.52. The third kappa shape index (κ3) is 9.12. The molecule has 4 nitrogen and oxygen atoms in total. The monoisotopic (exact) mass is 260 g/mol. The van der Waals surface area contributed by atoms with Crippen molar-refractivity contribution in [3.05, 3.63) is 71.8 Å². The Labute approximate surface area is 112 Å². The molecule has 0 radical (unpaired) electrons. The van der Waals surface area contributed by atoms with Gasteiger partial charge in [-0.25, -0.2) is 0 Å². The van der Waals surface area contributed by atoms with Gasteiger partial charge in [0.2, 0.25) is 0 Å². The zero-order chi connectivity index (χ0) is 14.3. The maximum Gasteiger partial charge on any atom is 0.290 e. The lowest BCUT2D eigenvalue weighted by molar-refractivity contribution is -0.123. The third-order valence-corrected chi connectivity index (χ3v) is 2.09. The molecule has 0 bridgehead atoms. The first-order chi connectivity index (χ1) is 9.28. The van der Waals surface area contributed by atoms with Crippen LogP contribution in [0, 0.1) is 0 Å². The second-order valence-electron chi connectivity index (χ2n) is 3.36. The van der Waals surface area contributed by atoms with Gasteiger partial charge in [-0.1, -0.05) is 60.7 Å². The predicted molar refractivity (Wildman–Crippen MR) is 73.1 cm³/mol. The second-order valence-corrected chi connectivity index (χ2v) is 3.36. The Hall–Kier alpha value is -2.62. The lowest BCUT2D eigenvalue weighted by atomic mass is 10.1. The standard InChI is InChI=1S/C13H12.2CH2O2/c1-3-7-12(8-4-1)11-13-9-5-2-6-10-13;2*2-1-3/h1-10H,11H2;2*1H,(H,2,3). The highest BCUT2D eigenvalue weighted by atomic mass is 16.3. The lowest BCUT2D eigenvalue weighted by Crippen LogP contribution is -1.85. The Bertz CT molecular complexity index is 397. The Morgan fingerprint density at radius 2 is 0.947 bits per heavy atom. The van der Waals surface area contributed by atoms with Crippen LogP contribution in [0.5, 0.6) is 0 Å². The summed E-state index contributed by atoms with van der Waals surface area (Å²) in [6, 6.07) is 21.1. The summed E-state index contributed by atoms with van der Waals surface area (Å²) < 4.78 is 0. The molecule has 0 aromatic heterocycles. The molecule has 0 aliphatic rings. The minimum absolute atomic E-state index is 0.250. The summed E-state index contributed by atoms with van der Waals surface area (Å²) in [5.41, 5.74) is 2.74. The molecule has 2 aromatic rings. The molecule has 0 aliphatic heterocycles. The van der Waals surface area contributed by atoms with Crippen LogP contribution in [0.1, 0.15) is 11.1 Å². The van der Waals surface area contributed by atoms with Crippen molar-refractivity contribution in [2.24, 2.45) is 0 Å². The molecule has 0 aliphatic carbocycles. The normalized spacial score (nSPS) is 8.00. The average molecular weight is 260 g/mol. The summed E-state index contributed by atoms with van der Waals surface area (Å²) in [4.78, 5) is 16.7. The van der Waals surface area contributed by atoms with Crippen LogP contribution in [-0.4, -0.2) is 23.2 Å². The van der Waals surface area contributed by atoms with Crippen molar-refractivity contribution in [3.8, 4) is 0 Å². The topological polar surface area (TPSA) is 74.6 Å². The Morgan fingerprint density at radius 3 is 1.21 bits per heavy atom. The second kappa shape index (κ2) is 11.9. The molecule has 2 aromatic carbocycles. The molecule has 2 rings (SSSR count). The summed E-state index contributed by atoms with van der Waals surface area (Å²) in [6.45, 7) is -0.500. The highest BCUT2D eigenvalue weighted by Crippen LogP contribution is 2.07. The van der Waals surface area contributed by atoms with E-state index in [-0.39, 0.29) is 12.9 Å². The van der Waals surface area contributed by atoms with Crippen molar-refractivity contribution in [2.75, 3.05) is 0 Å². The van der Waals surface area contributed by atoms with Crippen LogP contribution in [-0.2, 0) is 16.0 Å². The van der Waals surface area contributed by atoms with Gasteiger partial charge < -0.3 is 10.2 Å².